The molecule has 30 heavy (non-hydrogen) atoms. The molecule has 2 N–H and O–H groups in total. The summed E-state index contributed by atoms with van der Waals surface area (Å²) in [6.45, 7) is 1.76. The molecule has 0 aliphatic carbocycles. The van der Waals surface area contributed by atoms with Crippen molar-refractivity contribution in [2.75, 3.05) is 15.7 Å². The Bertz CT molecular complexity index is 1260. The van der Waals surface area contributed by atoms with E-state index >= 15 is 0 Å². The van der Waals surface area contributed by atoms with Crippen LogP contribution >= 0.6 is 23.4 Å². The van der Waals surface area contributed by atoms with E-state index in [0.29, 0.717) is 10.7 Å². The van der Waals surface area contributed by atoms with Gasteiger partial charge in [0.15, 0.2) is 0 Å². The molecule has 3 aromatic carbocycles. The lowest BCUT2D eigenvalue weighted by Crippen LogP contribution is -2.15. The number of thioether (sulfide) groups is 1. The molecule has 0 heterocycles. The number of aryl methyl sites for hydroxylation is 1. The van der Waals surface area contributed by atoms with E-state index in [4.69, 9.17) is 11.6 Å². The van der Waals surface area contributed by atoms with E-state index in [1.165, 1.54) is 54.2 Å². The minimum absolute atomic E-state index is 0.00542. The van der Waals surface area contributed by atoms with Gasteiger partial charge >= 0.3 is 0 Å². The van der Waals surface area contributed by atoms with E-state index in [0.717, 1.165) is 10.5 Å². The number of hydrogen-bond donors (Lipinski definition) is 2. The fourth-order valence-electron chi connectivity index (χ4n) is 2.58. The van der Waals surface area contributed by atoms with Crippen LogP contribution in [-0.2, 0) is 20.0 Å². The molecule has 3 aromatic rings. The van der Waals surface area contributed by atoms with Crippen LogP contribution in [0, 0.1) is 6.92 Å². The lowest BCUT2D eigenvalue weighted by Gasteiger charge is -2.12. The van der Waals surface area contributed by atoms with Crippen LogP contribution in [0.2, 0.25) is 5.02 Å². The van der Waals surface area contributed by atoms with Crippen molar-refractivity contribution in [2.45, 2.75) is 21.6 Å². The number of nitrogens with one attached hydrogen (secondary N) is 2. The predicted molar refractivity (Wildman–Crippen MR) is 122 cm³/mol. The number of rotatable bonds is 7. The maximum atomic E-state index is 12.6. The molecule has 6 nitrogen and oxygen atoms in total. The molecular formula is C20H19ClN2O4S3. The first-order chi connectivity index (χ1) is 14.1. The second kappa shape index (κ2) is 8.89. The Kier molecular flexibility index (Phi) is 6.66. The van der Waals surface area contributed by atoms with Crippen molar-refractivity contribution < 1.29 is 16.8 Å². The van der Waals surface area contributed by atoms with Crippen molar-refractivity contribution in [3.05, 3.63) is 77.3 Å². The minimum Gasteiger partial charge on any atom is -0.280 e. The fourth-order valence-corrected chi connectivity index (χ4v) is 5.34. The molecule has 0 aromatic heterocycles. The maximum absolute atomic E-state index is 12.6. The number of anilines is 2. The van der Waals surface area contributed by atoms with E-state index in [-0.39, 0.29) is 15.5 Å². The summed E-state index contributed by atoms with van der Waals surface area (Å²) >= 11 is 7.45. The Morgan fingerprint density at radius 3 is 1.87 bits per heavy atom. The first kappa shape index (κ1) is 22.5. The maximum Gasteiger partial charge on any atom is 0.261 e. The van der Waals surface area contributed by atoms with Crippen LogP contribution in [-0.4, -0.2) is 23.1 Å². The highest BCUT2D eigenvalue weighted by Gasteiger charge is 2.17. The van der Waals surface area contributed by atoms with Gasteiger partial charge in [0.2, 0.25) is 0 Å². The summed E-state index contributed by atoms with van der Waals surface area (Å²) in [4.78, 5) is 1.06. The van der Waals surface area contributed by atoms with Gasteiger partial charge in [-0.1, -0.05) is 17.7 Å². The molecule has 0 aliphatic rings. The SMILES string of the molecule is CSc1ccc(S(=O)(=O)Nc2ccc(S(=O)(=O)Nc3cc(Cl)ccc3C)cc2)cc1. The van der Waals surface area contributed by atoms with Gasteiger partial charge in [0.05, 0.1) is 15.5 Å². The zero-order valence-electron chi connectivity index (χ0n) is 16.1. The molecule has 0 saturated heterocycles. The molecule has 10 heteroatoms. The van der Waals surface area contributed by atoms with E-state index in [1.807, 2.05) is 6.26 Å². The first-order valence-corrected chi connectivity index (χ1v) is 13.2. The summed E-state index contributed by atoms with van der Waals surface area (Å²) in [7, 11) is -7.65. The summed E-state index contributed by atoms with van der Waals surface area (Å²) < 4.78 is 55.3. The quantitative estimate of drug-likeness (QED) is 0.464. The van der Waals surface area contributed by atoms with Gasteiger partial charge in [-0.3, -0.25) is 9.44 Å². The summed E-state index contributed by atoms with van der Waals surface area (Å²) in [5.74, 6) is 0. The number of hydrogen-bond acceptors (Lipinski definition) is 5. The lowest BCUT2D eigenvalue weighted by atomic mass is 10.2. The normalized spacial score (nSPS) is 11.8. The molecule has 0 saturated carbocycles. The Morgan fingerprint density at radius 1 is 0.767 bits per heavy atom. The molecule has 0 atom stereocenters. The van der Waals surface area contributed by atoms with Crippen molar-refractivity contribution in [3.63, 3.8) is 0 Å². The van der Waals surface area contributed by atoms with Gasteiger partial charge in [-0.25, -0.2) is 16.8 Å². The second-order valence-corrected chi connectivity index (χ2v) is 11.1. The molecule has 0 bridgehead atoms. The molecule has 3 rings (SSSR count). The number of halogens is 1. The van der Waals surface area contributed by atoms with Crippen molar-refractivity contribution in [1.82, 2.24) is 0 Å². The van der Waals surface area contributed by atoms with Crippen LogP contribution in [0.3, 0.4) is 0 Å². The van der Waals surface area contributed by atoms with Gasteiger partial charge in [-0.05, 0) is 79.4 Å². The Balaban J connectivity index is 1.79. The zero-order chi connectivity index (χ0) is 21.9. The van der Waals surface area contributed by atoms with E-state index < -0.39 is 20.0 Å². The zero-order valence-corrected chi connectivity index (χ0v) is 19.3. The third-order valence-electron chi connectivity index (χ3n) is 4.23. The van der Waals surface area contributed by atoms with Gasteiger partial charge in [0.1, 0.15) is 0 Å². The third kappa shape index (κ3) is 5.28. The van der Waals surface area contributed by atoms with Crippen molar-refractivity contribution >= 4 is 54.8 Å². The summed E-state index contributed by atoms with van der Waals surface area (Å²) in [5.41, 5.74) is 1.35. The minimum atomic E-state index is -3.86. The highest BCUT2D eigenvalue weighted by Crippen LogP contribution is 2.25. The van der Waals surface area contributed by atoms with Crippen molar-refractivity contribution in [2.24, 2.45) is 0 Å². The van der Waals surface area contributed by atoms with Gasteiger partial charge in [-0.15, -0.1) is 11.8 Å². The van der Waals surface area contributed by atoms with Crippen molar-refractivity contribution in [1.29, 1.82) is 0 Å². The average molecular weight is 483 g/mol. The summed E-state index contributed by atoms with van der Waals surface area (Å²) in [5, 5.41) is 0.411. The molecule has 0 radical (unpaired) electrons. The Hall–Kier alpha value is -2.20. The van der Waals surface area contributed by atoms with Gasteiger partial charge in [0.25, 0.3) is 20.0 Å². The summed E-state index contributed by atoms with van der Waals surface area (Å²) in [6.07, 6.45) is 1.90. The molecule has 0 fully saturated rings. The molecule has 0 spiro atoms. The number of benzene rings is 3. The van der Waals surface area contributed by atoms with E-state index in [1.54, 1.807) is 31.2 Å². The van der Waals surface area contributed by atoms with E-state index in [2.05, 4.69) is 9.44 Å². The Labute approximate surface area is 185 Å². The molecule has 158 valence electrons. The second-order valence-electron chi connectivity index (χ2n) is 6.37. The first-order valence-electron chi connectivity index (χ1n) is 8.67. The highest BCUT2D eigenvalue weighted by atomic mass is 35.5. The van der Waals surface area contributed by atoms with Gasteiger partial charge in [-0.2, -0.15) is 0 Å². The largest absolute Gasteiger partial charge is 0.280 e. The van der Waals surface area contributed by atoms with Crippen LogP contribution in [0.4, 0.5) is 11.4 Å². The highest BCUT2D eigenvalue weighted by molar-refractivity contribution is 7.98. The average Bonchev–Trinajstić information content (AvgIpc) is 2.71. The molecule has 0 unspecified atom stereocenters. The third-order valence-corrected chi connectivity index (χ3v) is 7.99. The molecule has 0 amide bonds. The van der Waals surface area contributed by atoms with Crippen molar-refractivity contribution in [3.8, 4) is 0 Å². The van der Waals surface area contributed by atoms with Crippen LogP contribution in [0.25, 0.3) is 0 Å². The monoisotopic (exact) mass is 482 g/mol. The fraction of sp³-hybridized carbons (Fsp3) is 0.100. The van der Waals surface area contributed by atoms with Gasteiger partial charge in [0, 0.05) is 15.6 Å². The standard InChI is InChI=1S/C20H19ClN2O4S3/c1-14-3-4-15(21)13-20(14)23-30(26,27)18-9-5-16(6-10-18)22-29(24,25)19-11-7-17(28-2)8-12-19/h3-13,22-23H,1-2H3. The van der Waals surface area contributed by atoms with Crippen LogP contribution in [0.15, 0.2) is 81.4 Å². The van der Waals surface area contributed by atoms with Gasteiger partial charge < -0.3 is 0 Å². The van der Waals surface area contributed by atoms with Crippen LogP contribution in [0.5, 0.6) is 0 Å². The molecular weight excluding hydrogens is 464 g/mol. The van der Waals surface area contributed by atoms with E-state index in [9.17, 15) is 16.8 Å². The predicted octanol–water partition coefficient (Wildman–Crippen LogP) is 4.97. The van der Waals surface area contributed by atoms with Crippen LogP contribution < -0.4 is 9.44 Å². The summed E-state index contributed by atoms with van der Waals surface area (Å²) in [6, 6.07) is 16.8. The lowest BCUT2D eigenvalue weighted by molar-refractivity contribution is 0.600. The molecule has 0 aliphatic heterocycles. The van der Waals surface area contributed by atoms with Crippen LogP contribution in [0.1, 0.15) is 5.56 Å². The topological polar surface area (TPSA) is 92.3 Å². The smallest absolute Gasteiger partial charge is 0.261 e. The Morgan fingerprint density at radius 2 is 1.30 bits per heavy atom. The number of sulfonamides is 2.